The molecule has 2 N–H and O–H groups in total. The van der Waals surface area contributed by atoms with Gasteiger partial charge in [0.05, 0.1) is 5.75 Å². The molecule has 0 amide bonds. The second-order valence-electron chi connectivity index (χ2n) is 6.19. The number of nitrogens with zero attached hydrogens (tertiary/aromatic N) is 1. The molecule has 0 saturated heterocycles. The maximum atomic E-state index is 14.2. The van der Waals surface area contributed by atoms with Gasteiger partial charge in [0.1, 0.15) is 18.6 Å². The molecule has 0 saturated carbocycles. The highest BCUT2D eigenvalue weighted by molar-refractivity contribution is 7.91. The lowest BCUT2D eigenvalue weighted by molar-refractivity contribution is 0.511. The van der Waals surface area contributed by atoms with Crippen molar-refractivity contribution in [1.29, 1.82) is 0 Å². The zero-order valence-corrected chi connectivity index (χ0v) is 15.4. The van der Waals surface area contributed by atoms with Crippen molar-refractivity contribution in [3.63, 3.8) is 0 Å². The van der Waals surface area contributed by atoms with E-state index in [1.165, 1.54) is 6.07 Å². The summed E-state index contributed by atoms with van der Waals surface area (Å²) in [6, 6.07) is 13.5. The molecule has 1 heterocycles. The summed E-state index contributed by atoms with van der Waals surface area (Å²) in [5.74, 6) is -0.356. The molecule has 3 rings (SSSR count). The zero-order valence-electron chi connectivity index (χ0n) is 14.6. The van der Waals surface area contributed by atoms with Gasteiger partial charge in [-0.2, -0.15) is 12.3 Å². The summed E-state index contributed by atoms with van der Waals surface area (Å²) in [6.45, 7) is 2.16. The second-order valence-corrected chi connectivity index (χ2v) is 8.58. The highest BCUT2D eigenvalue weighted by Crippen LogP contribution is 2.35. The van der Waals surface area contributed by atoms with E-state index in [4.69, 9.17) is 5.73 Å². The van der Waals surface area contributed by atoms with Crippen molar-refractivity contribution in [2.75, 3.05) is 18.8 Å². The Bertz CT molecular complexity index is 983. The highest BCUT2D eigenvalue weighted by Gasteiger charge is 2.42. The van der Waals surface area contributed by atoms with Gasteiger partial charge in [-0.1, -0.05) is 36.4 Å². The first-order valence-corrected chi connectivity index (χ1v) is 10.1. The Labute approximate surface area is 153 Å². The van der Waals surface area contributed by atoms with Crippen molar-refractivity contribution >= 4 is 15.7 Å². The van der Waals surface area contributed by atoms with Crippen LogP contribution in [0.1, 0.15) is 6.92 Å². The third kappa shape index (κ3) is 3.11. The molecule has 1 aliphatic rings. The molecular formula is C20H22FN2O2S+. The van der Waals surface area contributed by atoms with Crippen LogP contribution in [0.5, 0.6) is 0 Å². The topological polar surface area (TPSA) is 60.2 Å². The predicted octanol–water partition coefficient (Wildman–Crippen LogP) is 3.56. The standard InChI is InChI=1S/C20H22FN2O2S/c1-2-26(24,25)23(12-6-7-16(14-22)15-23)18-9-5-8-17(13-18)19-10-3-4-11-20(19)21/h3-11,13,15H,2,12,14,22H2,1H3/q+1. The second kappa shape index (κ2) is 7.15. The molecule has 0 bridgehead atoms. The first kappa shape index (κ1) is 18.5. The molecule has 0 fully saturated rings. The third-order valence-electron chi connectivity index (χ3n) is 4.65. The number of hydrogen-bond donors (Lipinski definition) is 1. The lowest BCUT2D eigenvalue weighted by Crippen LogP contribution is -2.51. The zero-order chi connectivity index (χ0) is 18.8. The fourth-order valence-corrected chi connectivity index (χ4v) is 4.72. The first-order valence-electron chi connectivity index (χ1n) is 8.48. The van der Waals surface area contributed by atoms with Gasteiger partial charge in [-0.25, -0.2) is 4.39 Å². The van der Waals surface area contributed by atoms with E-state index in [2.05, 4.69) is 0 Å². The summed E-state index contributed by atoms with van der Waals surface area (Å²) >= 11 is 0. The Kier molecular flexibility index (Phi) is 5.09. The van der Waals surface area contributed by atoms with Gasteiger partial charge < -0.3 is 5.73 Å². The first-order chi connectivity index (χ1) is 12.4. The van der Waals surface area contributed by atoms with E-state index in [0.717, 1.165) is 5.57 Å². The normalized spacial score (nSPS) is 20.0. The predicted molar refractivity (Wildman–Crippen MR) is 104 cm³/mol. The van der Waals surface area contributed by atoms with E-state index in [0.29, 0.717) is 16.8 Å². The quantitative estimate of drug-likeness (QED) is 0.815. The summed E-state index contributed by atoms with van der Waals surface area (Å²) in [5.41, 5.74) is 8.16. The van der Waals surface area contributed by atoms with Crippen molar-refractivity contribution in [2.45, 2.75) is 6.92 Å². The van der Waals surface area contributed by atoms with Crippen LogP contribution in [-0.4, -0.2) is 27.3 Å². The van der Waals surface area contributed by atoms with Gasteiger partial charge in [0.2, 0.25) is 0 Å². The van der Waals surface area contributed by atoms with E-state index in [9.17, 15) is 12.8 Å². The van der Waals surface area contributed by atoms with E-state index in [1.54, 1.807) is 55.6 Å². The molecule has 1 atom stereocenters. The molecule has 0 aliphatic carbocycles. The van der Waals surface area contributed by atoms with Crippen LogP contribution in [0, 0.1) is 5.82 Å². The SMILES string of the molecule is CCS(=O)(=O)[N+]1(c2cccc(-c3ccccc3F)c2)C=C(CN)C=CC1. The van der Waals surface area contributed by atoms with Gasteiger partial charge in [-0.3, -0.25) is 0 Å². The van der Waals surface area contributed by atoms with E-state index >= 15 is 0 Å². The lowest BCUT2D eigenvalue weighted by Gasteiger charge is -2.34. The van der Waals surface area contributed by atoms with Crippen LogP contribution in [-0.2, 0) is 10.0 Å². The van der Waals surface area contributed by atoms with Gasteiger partial charge in [0.25, 0.3) is 0 Å². The molecule has 26 heavy (non-hydrogen) atoms. The van der Waals surface area contributed by atoms with E-state index < -0.39 is 10.0 Å². The minimum Gasteiger partial charge on any atom is -0.326 e. The maximum absolute atomic E-state index is 14.2. The molecule has 4 nitrogen and oxygen atoms in total. The van der Waals surface area contributed by atoms with E-state index in [1.807, 2.05) is 12.2 Å². The molecule has 0 radical (unpaired) electrons. The average molecular weight is 373 g/mol. The van der Waals surface area contributed by atoms with Crippen LogP contribution in [0.2, 0.25) is 0 Å². The van der Waals surface area contributed by atoms with Crippen LogP contribution in [0.25, 0.3) is 11.1 Å². The number of quaternary nitrogens is 1. The largest absolute Gasteiger partial charge is 0.326 e. The molecule has 0 aromatic heterocycles. The Morgan fingerprint density at radius 2 is 1.92 bits per heavy atom. The van der Waals surface area contributed by atoms with Gasteiger partial charge in [-0.15, -0.1) is 0 Å². The van der Waals surface area contributed by atoms with E-state index in [-0.39, 0.29) is 28.5 Å². The summed E-state index contributed by atoms with van der Waals surface area (Å²) in [5, 5.41) is 0. The number of rotatable bonds is 5. The number of nitrogens with two attached hydrogens (primary N) is 1. The van der Waals surface area contributed by atoms with Crippen LogP contribution in [0.15, 0.2) is 72.5 Å². The monoisotopic (exact) mass is 373 g/mol. The van der Waals surface area contributed by atoms with Crippen LogP contribution in [0.4, 0.5) is 10.1 Å². The smallest absolute Gasteiger partial charge is 0.306 e. The van der Waals surface area contributed by atoms with Crippen molar-refractivity contribution in [3.8, 4) is 11.1 Å². The fourth-order valence-electron chi connectivity index (χ4n) is 3.21. The van der Waals surface area contributed by atoms with Crippen molar-refractivity contribution in [3.05, 3.63) is 78.3 Å². The van der Waals surface area contributed by atoms with Crippen LogP contribution in [0.3, 0.4) is 0 Å². The Morgan fingerprint density at radius 3 is 2.62 bits per heavy atom. The molecule has 0 spiro atoms. The Hall–Kier alpha value is -2.28. The minimum absolute atomic E-state index is 0.0148. The molecule has 1 unspecified atom stereocenters. The van der Waals surface area contributed by atoms with Crippen molar-refractivity contribution in [1.82, 2.24) is 3.89 Å². The lowest BCUT2D eigenvalue weighted by atomic mass is 10.0. The van der Waals surface area contributed by atoms with Crippen LogP contribution >= 0.6 is 0 Å². The molecule has 2 aromatic carbocycles. The van der Waals surface area contributed by atoms with Gasteiger partial charge in [0.15, 0.2) is 5.69 Å². The summed E-state index contributed by atoms with van der Waals surface area (Å²) in [4.78, 5) is 0. The summed E-state index contributed by atoms with van der Waals surface area (Å²) < 4.78 is 39.9. The molecule has 6 heteroatoms. The third-order valence-corrected chi connectivity index (χ3v) is 6.84. The summed E-state index contributed by atoms with van der Waals surface area (Å²) in [7, 11) is -3.53. The maximum Gasteiger partial charge on any atom is 0.306 e. The number of benzene rings is 2. The Morgan fingerprint density at radius 1 is 1.15 bits per heavy atom. The molecule has 136 valence electrons. The number of sulfonamides is 1. The average Bonchev–Trinajstić information content (AvgIpc) is 2.68. The number of hydrogen-bond acceptors (Lipinski definition) is 3. The van der Waals surface area contributed by atoms with Crippen molar-refractivity contribution < 1.29 is 12.8 Å². The van der Waals surface area contributed by atoms with Crippen molar-refractivity contribution in [2.24, 2.45) is 5.73 Å². The summed E-state index contributed by atoms with van der Waals surface area (Å²) in [6.07, 6.45) is 5.37. The molecule has 2 aromatic rings. The van der Waals surface area contributed by atoms with Gasteiger partial charge in [0, 0.05) is 29.8 Å². The van der Waals surface area contributed by atoms with Gasteiger partial charge >= 0.3 is 10.0 Å². The van der Waals surface area contributed by atoms with Gasteiger partial charge in [-0.05, 0) is 24.6 Å². The fraction of sp³-hybridized carbons (Fsp3) is 0.200. The number of halogens is 1. The molecular weight excluding hydrogens is 351 g/mol. The minimum atomic E-state index is -3.53. The molecule has 1 aliphatic heterocycles. The highest BCUT2D eigenvalue weighted by atomic mass is 32.2. The Balaban J connectivity index is 2.22. The van der Waals surface area contributed by atoms with Crippen LogP contribution < -0.4 is 9.62 Å².